The molecule has 328 valence electrons. The minimum absolute atomic E-state index is 0.00844. The van der Waals surface area contributed by atoms with E-state index in [1.54, 1.807) is 34.0 Å². The molecule has 7 N–H and O–H groups in total. The summed E-state index contributed by atoms with van der Waals surface area (Å²) in [5.74, 6) is -6.88. The van der Waals surface area contributed by atoms with Gasteiger partial charge in [0.25, 0.3) is 11.7 Å². The number of ketones is 1. The molecule has 0 aromatic heterocycles. The number of aliphatic hydroxyl groups is 3. The molecule has 4 aliphatic rings. The van der Waals surface area contributed by atoms with E-state index in [1.165, 1.54) is 19.1 Å². The molecule has 58 heavy (non-hydrogen) atoms. The number of cyclic esters (lactones) is 1. The third-order valence-corrected chi connectivity index (χ3v) is 12.7. The Hall–Kier alpha value is -3.11. The molecular formula is C44H71N3O11. The summed E-state index contributed by atoms with van der Waals surface area (Å²) in [5, 5.41) is 34.3. The lowest BCUT2D eigenvalue weighted by atomic mass is 9.82. The highest BCUT2D eigenvalue weighted by molar-refractivity contribution is 6.39. The summed E-state index contributed by atoms with van der Waals surface area (Å²) in [6.07, 6.45) is 5.28. The number of rotatable bonds is 6. The molecule has 0 aromatic carbocycles. The van der Waals surface area contributed by atoms with Crippen molar-refractivity contribution in [1.82, 2.24) is 4.90 Å². The lowest BCUT2D eigenvalue weighted by Gasteiger charge is -2.47. The second kappa shape index (κ2) is 20.9. The van der Waals surface area contributed by atoms with E-state index in [4.69, 9.17) is 35.2 Å². The fraction of sp³-hybridized carbons (Fsp3) is 0.750. The second-order valence-electron chi connectivity index (χ2n) is 17.5. The van der Waals surface area contributed by atoms with Crippen LogP contribution in [0.2, 0.25) is 0 Å². The number of esters is 1. The van der Waals surface area contributed by atoms with Crippen molar-refractivity contribution in [2.75, 3.05) is 27.9 Å². The van der Waals surface area contributed by atoms with E-state index in [0.29, 0.717) is 67.5 Å². The molecule has 13 atom stereocenters. The third kappa shape index (κ3) is 11.4. The minimum atomic E-state index is -2.50. The molecule has 0 aromatic rings. The number of nitrogens with zero attached hydrogens (tertiary/aromatic N) is 1. The van der Waals surface area contributed by atoms with Crippen molar-refractivity contribution in [3.8, 4) is 0 Å². The van der Waals surface area contributed by atoms with Gasteiger partial charge in [0.05, 0.1) is 30.5 Å². The zero-order valence-corrected chi connectivity index (χ0v) is 36.1. The van der Waals surface area contributed by atoms with Crippen molar-refractivity contribution in [2.45, 2.75) is 160 Å². The normalized spacial score (nSPS) is 40.9. The van der Waals surface area contributed by atoms with Crippen LogP contribution in [0.15, 0.2) is 46.3 Å². The van der Waals surface area contributed by atoms with Crippen LogP contribution >= 0.6 is 0 Å². The molecule has 0 radical (unpaired) electrons. The van der Waals surface area contributed by atoms with Crippen LogP contribution in [0.25, 0.3) is 0 Å². The van der Waals surface area contributed by atoms with Crippen LogP contribution in [0.3, 0.4) is 0 Å². The van der Waals surface area contributed by atoms with Gasteiger partial charge in [0.15, 0.2) is 0 Å². The predicted octanol–water partition coefficient (Wildman–Crippen LogP) is 3.95. The molecule has 1 amide bonds. The minimum Gasteiger partial charge on any atom is -0.456 e. The highest BCUT2D eigenvalue weighted by Gasteiger charge is 2.56. The van der Waals surface area contributed by atoms with Gasteiger partial charge in [0.1, 0.15) is 18.2 Å². The van der Waals surface area contributed by atoms with Gasteiger partial charge in [-0.3, -0.25) is 9.59 Å². The number of hydrogen-bond acceptors (Lipinski definition) is 13. The Balaban J connectivity index is 1.82. The maximum Gasteiger partial charge on any atom is 0.329 e. The first kappa shape index (κ1) is 47.6. The summed E-state index contributed by atoms with van der Waals surface area (Å²) in [4.78, 5) is 44.1. The summed E-state index contributed by atoms with van der Waals surface area (Å²) in [6, 6.07) is -1.12. The van der Waals surface area contributed by atoms with Crippen LogP contribution < -0.4 is 11.5 Å². The number of amides is 1. The fourth-order valence-electron chi connectivity index (χ4n) is 9.32. The maximum atomic E-state index is 14.4. The molecule has 3 heterocycles. The lowest BCUT2D eigenvalue weighted by Crippen LogP contribution is -2.64. The van der Waals surface area contributed by atoms with Gasteiger partial charge in [-0.05, 0) is 108 Å². The molecule has 2 saturated heterocycles. The van der Waals surface area contributed by atoms with Gasteiger partial charge in [-0.15, -0.1) is 0 Å². The van der Waals surface area contributed by atoms with Crippen LogP contribution in [0, 0.1) is 23.7 Å². The number of methoxy groups -OCH3 is 3. The Kier molecular flexibility index (Phi) is 17.2. The van der Waals surface area contributed by atoms with Crippen molar-refractivity contribution < 1.29 is 53.4 Å². The Morgan fingerprint density at radius 2 is 1.57 bits per heavy atom. The maximum absolute atomic E-state index is 14.4. The number of hydrogen-bond donors (Lipinski definition) is 5. The Bertz CT molecular complexity index is 1570. The Morgan fingerprint density at radius 1 is 0.914 bits per heavy atom. The number of carbonyl (C=O) groups is 3. The van der Waals surface area contributed by atoms with Crippen LogP contribution in [0.4, 0.5) is 0 Å². The molecule has 3 aliphatic heterocycles. The van der Waals surface area contributed by atoms with Gasteiger partial charge >= 0.3 is 5.97 Å². The summed E-state index contributed by atoms with van der Waals surface area (Å²) >= 11 is 0. The smallest absolute Gasteiger partial charge is 0.329 e. The SMILES string of the molecule is CO[C@H]1C[C@@H](C)C/C(C)=C/C(/C=C(/C)N)=C(/N)C[C@H](O)[C@@H](C)[C@@H](/C(C)=C/[C@@H]2CC[C@@H](O)[C@H](OC)C2)OC(=O)[C@@H]2CCCCN2C(=O)C(=O)[C@]2(O)O[C@H]1[C@@H](OC)C[C@H]2C. The number of allylic oxidation sites excluding steroid dienone is 6. The van der Waals surface area contributed by atoms with Gasteiger partial charge < -0.3 is 55.4 Å². The summed E-state index contributed by atoms with van der Waals surface area (Å²) in [7, 11) is 4.64. The van der Waals surface area contributed by atoms with Crippen molar-refractivity contribution in [1.29, 1.82) is 0 Å². The van der Waals surface area contributed by atoms with E-state index in [0.717, 1.165) is 5.57 Å². The van der Waals surface area contributed by atoms with Crippen molar-refractivity contribution in [2.24, 2.45) is 35.1 Å². The van der Waals surface area contributed by atoms with Gasteiger partial charge in [0.2, 0.25) is 5.79 Å². The van der Waals surface area contributed by atoms with E-state index >= 15 is 0 Å². The predicted molar refractivity (Wildman–Crippen MR) is 218 cm³/mol. The average Bonchev–Trinajstić information content (AvgIpc) is 3.18. The number of Topliss-reactive ketones (excluding diaryl/α,β-unsaturated/α-hetero) is 1. The van der Waals surface area contributed by atoms with Crippen molar-refractivity contribution in [3.63, 3.8) is 0 Å². The molecule has 2 bridgehead atoms. The van der Waals surface area contributed by atoms with Gasteiger partial charge in [0, 0.05) is 57.5 Å². The molecule has 0 unspecified atom stereocenters. The number of carbonyl (C=O) groups excluding carboxylic acids is 3. The van der Waals surface area contributed by atoms with Crippen LogP contribution in [0.1, 0.15) is 106 Å². The van der Waals surface area contributed by atoms with Gasteiger partial charge in [-0.2, -0.15) is 0 Å². The molecule has 1 saturated carbocycles. The van der Waals surface area contributed by atoms with Gasteiger partial charge in [-0.25, -0.2) is 4.79 Å². The average molecular weight is 818 g/mol. The molecule has 4 rings (SSSR count). The number of nitrogens with two attached hydrogens (primary N) is 2. The lowest BCUT2D eigenvalue weighted by molar-refractivity contribution is -0.302. The molecule has 14 heteroatoms. The van der Waals surface area contributed by atoms with E-state index in [1.807, 2.05) is 26.0 Å². The van der Waals surface area contributed by atoms with Crippen molar-refractivity contribution in [3.05, 3.63) is 46.3 Å². The molecular weight excluding hydrogens is 746 g/mol. The quantitative estimate of drug-likeness (QED) is 0.146. The fourth-order valence-corrected chi connectivity index (χ4v) is 9.32. The second-order valence-corrected chi connectivity index (χ2v) is 17.5. The van der Waals surface area contributed by atoms with E-state index in [9.17, 15) is 29.7 Å². The topological polar surface area (TPSA) is 213 Å². The molecule has 14 nitrogen and oxygen atoms in total. The van der Waals surface area contributed by atoms with E-state index in [2.05, 4.69) is 6.92 Å². The Morgan fingerprint density at radius 3 is 2.21 bits per heavy atom. The third-order valence-electron chi connectivity index (χ3n) is 12.7. The molecule has 3 fully saturated rings. The Labute approximate surface area is 345 Å². The van der Waals surface area contributed by atoms with E-state index in [-0.39, 0.29) is 43.7 Å². The first-order valence-corrected chi connectivity index (χ1v) is 21.0. The molecule has 0 spiro atoms. The highest BCUT2D eigenvalue weighted by Crippen LogP contribution is 2.39. The first-order chi connectivity index (χ1) is 27.3. The number of ether oxygens (including phenoxy) is 5. The standard InChI is InChI=1S/C44H71N3O11/c1-24-16-25(2)18-37(55-8)40-38(56-9)20-27(4)44(53,58-40)41(50)42(51)47-15-11-10-12-33(47)43(52)57-39(26(3)19-30-13-14-34(48)36(22-30)54-7)29(6)35(49)23-32(46)31(17-24)21-28(5)45/h17,19,21,25,27,29-30,33-40,48-49,53H,10-16,18,20,22-23,45-46H2,1-9H3/b24-17+,26-19+,28-21-,32-31-/t25-,27+,29+,30-,33-,34+,35-,36+,37-,38-,39+,40+,44+/m0/s1. The van der Waals surface area contributed by atoms with Crippen LogP contribution in [-0.2, 0) is 38.1 Å². The van der Waals surface area contributed by atoms with Crippen LogP contribution in [-0.4, -0.2) is 120 Å². The number of piperidine rings is 1. The summed E-state index contributed by atoms with van der Waals surface area (Å²) in [5.41, 5.74) is 16.2. The number of aliphatic hydroxyl groups excluding tert-OH is 2. The van der Waals surface area contributed by atoms with Gasteiger partial charge in [-0.1, -0.05) is 38.5 Å². The zero-order valence-electron chi connectivity index (χ0n) is 36.1. The van der Waals surface area contributed by atoms with E-state index < -0.39 is 77.9 Å². The summed E-state index contributed by atoms with van der Waals surface area (Å²) in [6.45, 7) is 11.2. The molecule has 1 aliphatic carbocycles. The first-order valence-electron chi connectivity index (χ1n) is 21.0. The largest absolute Gasteiger partial charge is 0.456 e. The highest BCUT2D eigenvalue weighted by atomic mass is 16.7. The summed E-state index contributed by atoms with van der Waals surface area (Å²) < 4.78 is 29.9. The zero-order chi connectivity index (χ0) is 43.1. The van der Waals surface area contributed by atoms with Crippen LogP contribution in [0.5, 0.6) is 0 Å². The van der Waals surface area contributed by atoms with Crippen molar-refractivity contribution >= 4 is 17.7 Å². The monoisotopic (exact) mass is 818 g/mol. The number of fused-ring (bicyclic) bond motifs is 3.